The number of furan rings is 1. The zero-order valence-electron chi connectivity index (χ0n) is 19.2. The summed E-state index contributed by atoms with van der Waals surface area (Å²) >= 11 is 0. The van der Waals surface area contributed by atoms with Crippen molar-refractivity contribution >= 4 is 11.9 Å². The van der Waals surface area contributed by atoms with Crippen molar-refractivity contribution in [2.75, 3.05) is 13.7 Å². The highest BCUT2D eigenvalue weighted by Crippen LogP contribution is 2.24. The lowest BCUT2D eigenvalue weighted by atomic mass is 10.1. The maximum atomic E-state index is 13.0. The predicted octanol–water partition coefficient (Wildman–Crippen LogP) is 5.57. The van der Waals surface area contributed by atoms with E-state index in [0.29, 0.717) is 30.9 Å². The maximum absolute atomic E-state index is 13.0. The standard InChI is InChI=1S/C27H29NO5/c1-19-9-14-25(32-15-5-4-7-20(2)27(30)31)23(17-19)18-28(3)26(29)22-12-10-21(11-13-22)24-8-6-16-33-24/h4-6,8-14,16-17,20H,7,15,18H2,1-3H3,(H,30,31)/b5-4+. The molecule has 0 aliphatic heterocycles. The van der Waals surface area contributed by atoms with E-state index in [0.717, 1.165) is 22.5 Å². The quantitative estimate of drug-likeness (QED) is 0.411. The minimum atomic E-state index is -0.815. The summed E-state index contributed by atoms with van der Waals surface area (Å²) in [6.45, 7) is 4.39. The summed E-state index contributed by atoms with van der Waals surface area (Å²) in [7, 11) is 1.77. The minimum absolute atomic E-state index is 0.0870. The van der Waals surface area contributed by atoms with Gasteiger partial charge in [-0.05, 0) is 43.7 Å². The Kier molecular flexibility index (Phi) is 8.08. The van der Waals surface area contributed by atoms with E-state index in [2.05, 4.69) is 0 Å². The number of aliphatic carboxylic acids is 1. The first-order valence-electron chi connectivity index (χ1n) is 10.8. The summed E-state index contributed by atoms with van der Waals surface area (Å²) in [6.07, 6.45) is 5.71. The van der Waals surface area contributed by atoms with Crippen LogP contribution in [0, 0.1) is 12.8 Å². The van der Waals surface area contributed by atoms with Gasteiger partial charge in [-0.25, -0.2) is 0 Å². The molecule has 1 heterocycles. The van der Waals surface area contributed by atoms with Gasteiger partial charge in [0.25, 0.3) is 5.91 Å². The number of nitrogens with zero attached hydrogens (tertiary/aromatic N) is 1. The third kappa shape index (κ3) is 6.59. The van der Waals surface area contributed by atoms with Gasteiger partial charge in [0.15, 0.2) is 0 Å². The van der Waals surface area contributed by atoms with E-state index in [-0.39, 0.29) is 5.91 Å². The van der Waals surface area contributed by atoms with Gasteiger partial charge in [0.2, 0.25) is 0 Å². The fourth-order valence-electron chi connectivity index (χ4n) is 3.35. The summed E-state index contributed by atoms with van der Waals surface area (Å²) in [5.74, 6) is 0.129. The second-order valence-electron chi connectivity index (χ2n) is 8.08. The molecule has 3 rings (SSSR count). The lowest BCUT2D eigenvalue weighted by Gasteiger charge is -2.20. The van der Waals surface area contributed by atoms with Crippen LogP contribution in [0.1, 0.15) is 34.8 Å². The Morgan fingerprint density at radius 1 is 1.12 bits per heavy atom. The summed E-state index contributed by atoms with van der Waals surface area (Å²) in [5.41, 5.74) is 3.50. The first-order chi connectivity index (χ1) is 15.8. The van der Waals surface area contributed by atoms with E-state index in [4.69, 9.17) is 14.3 Å². The topological polar surface area (TPSA) is 80.0 Å². The number of aryl methyl sites for hydroxylation is 1. The van der Waals surface area contributed by atoms with Crippen molar-refractivity contribution in [3.05, 3.63) is 89.7 Å². The number of carboxylic acid groups (broad SMARTS) is 1. The molecule has 0 radical (unpaired) electrons. The molecule has 0 spiro atoms. The predicted molar refractivity (Wildman–Crippen MR) is 127 cm³/mol. The van der Waals surface area contributed by atoms with Crippen molar-refractivity contribution in [2.45, 2.75) is 26.8 Å². The van der Waals surface area contributed by atoms with Crippen LogP contribution in [0.4, 0.5) is 0 Å². The molecule has 1 aromatic heterocycles. The van der Waals surface area contributed by atoms with Gasteiger partial charge in [0, 0.05) is 30.3 Å². The number of benzene rings is 2. The van der Waals surface area contributed by atoms with Gasteiger partial charge in [0.1, 0.15) is 18.1 Å². The normalized spacial score (nSPS) is 12.0. The molecule has 0 saturated carbocycles. The van der Waals surface area contributed by atoms with E-state index in [1.807, 2.05) is 61.5 Å². The molecule has 33 heavy (non-hydrogen) atoms. The van der Waals surface area contributed by atoms with Crippen molar-refractivity contribution < 1.29 is 23.8 Å². The highest BCUT2D eigenvalue weighted by molar-refractivity contribution is 5.94. The van der Waals surface area contributed by atoms with Crippen LogP contribution in [0.3, 0.4) is 0 Å². The molecule has 0 aliphatic carbocycles. The molecule has 0 fully saturated rings. The molecule has 172 valence electrons. The van der Waals surface area contributed by atoms with Crippen LogP contribution < -0.4 is 4.74 Å². The Balaban J connectivity index is 1.63. The van der Waals surface area contributed by atoms with Gasteiger partial charge in [-0.2, -0.15) is 0 Å². The number of hydrogen-bond acceptors (Lipinski definition) is 4. The molecule has 1 unspecified atom stereocenters. The molecule has 1 atom stereocenters. The molecule has 1 N–H and O–H groups in total. The Morgan fingerprint density at radius 3 is 2.55 bits per heavy atom. The Morgan fingerprint density at radius 2 is 1.88 bits per heavy atom. The smallest absolute Gasteiger partial charge is 0.306 e. The van der Waals surface area contributed by atoms with Crippen LogP contribution in [0.15, 0.2) is 77.4 Å². The van der Waals surface area contributed by atoms with E-state index < -0.39 is 11.9 Å². The van der Waals surface area contributed by atoms with Crippen molar-refractivity contribution in [3.8, 4) is 17.1 Å². The number of allylic oxidation sites excluding steroid dienone is 1. The van der Waals surface area contributed by atoms with Gasteiger partial charge in [-0.3, -0.25) is 9.59 Å². The summed E-state index contributed by atoms with van der Waals surface area (Å²) in [6, 6.07) is 16.9. The number of rotatable bonds is 10. The lowest BCUT2D eigenvalue weighted by Crippen LogP contribution is -2.26. The average Bonchev–Trinajstić information content (AvgIpc) is 3.34. The molecule has 6 heteroatoms. The van der Waals surface area contributed by atoms with Crippen molar-refractivity contribution in [2.24, 2.45) is 5.92 Å². The second-order valence-corrected chi connectivity index (χ2v) is 8.08. The molecule has 1 amide bonds. The fraction of sp³-hybridized carbons (Fsp3) is 0.259. The molecule has 0 aliphatic rings. The van der Waals surface area contributed by atoms with Gasteiger partial charge >= 0.3 is 5.97 Å². The highest BCUT2D eigenvalue weighted by atomic mass is 16.5. The van der Waals surface area contributed by atoms with Gasteiger partial charge in [0.05, 0.1) is 12.2 Å². The lowest BCUT2D eigenvalue weighted by molar-refractivity contribution is -0.140. The summed E-state index contributed by atoms with van der Waals surface area (Å²) < 4.78 is 11.3. The number of carbonyl (C=O) groups excluding carboxylic acids is 1. The van der Waals surface area contributed by atoms with E-state index >= 15 is 0 Å². The third-order valence-electron chi connectivity index (χ3n) is 5.32. The molecular formula is C27H29NO5. The molecule has 6 nitrogen and oxygen atoms in total. The molecule has 0 saturated heterocycles. The average molecular weight is 448 g/mol. The molecule has 0 bridgehead atoms. The number of ether oxygens (including phenoxy) is 1. The van der Waals surface area contributed by atoms with Crippen molar-refractivity contribution in [3.63, 3.8) is 0 Å². The van der Waals surface area contributed by atoms with E-state index in [9.17, 15) is 9.59 Å². The fourth-order valence-corrected chi connectivity index (χ4v) is 3.35. The molecular weight excluding hydrogens is 418 g/mol. The van der Waals surface area contributed by atoms with Crippen LogP contribution in [0.25, 0.3) is 11.3 Å². The monoisotopic (exact) mass is 447 g/mol. The number of amides is 1. The zero-order valence-corrected chi connectivity index (χ0v) is 19.2. The Labute approximate surface area is 194 Å². The Bertz CT molecular complexity index is 1100. The summed E-state index contributed by atoms with van der Waals surface area (Å²) in [4.78, 5) is 25.5. The SMILES string of the molecule is Cc1ccc(OC/C=C/CC(C)C(=O)O)c(CN(C)C(=O)c2ccc(-c3ccco3)cc2)c1. The van der Waals surface area contributed by atoms with Crippen LogP contribution >= 0.6 is 0 Å². The largest absolute Gasteiger partial charge is 0.489 e. The number of carboxylic acids is 1. The van der Waals surface area contributed by atoms with Gasteiger partial charge in [-0.1, -0.05) is 48.9 Å². The first-order valence-corrected chi connectivity index (χ1v) is 10.8. The third-order valence-corrected chi connectivity index (χ3v) is 5.32. The second kappa shape index (κ2) is 11.2. The van der Waals surface area contributed by atoms with Crippen LogP contribution in [-0.2, 0) is 11.3 Å². The maximum Gasteiger partial charge on any atom is 0.306 e. The molecule has 2 aromatic carbocycles. The zero-order chi connectivity index (χ0) is 23.8. The first kappa shape index (κ1) is 23.9. The van der Waals surface area contributed by atoms with Crippen LogP contribution in [0.5, 0.6) is 5.75 Å². The van der Waals surface area contributed by atoms with Gasteiger partial charge < -0.3 is 19.2 Å². The minimum Gasteiger partial charge on any atom is -0.489 e. The van der Waals surface area contributed by atoms with Crippen molar-refractivity contribution in [1.82, 2.24) is 4.90 Å². The van der Waals surface area contributed by atoms with E-state index in [1.165, 1.54) is 0 Å². The van der Waals surface area contributed by atoms with Crippen LogP contribution in [0.2, 0.25) is 0 Å². The van der Waals surface area contributed by atoms with Gasteiger partial charge in [-0.15, -0.1) is 0 Å². The Hall–Kier alpha value is -3.80. The van der Waals surface area contributed by atoms with E-state index in [1.54, 1.807) is 37.3 Å². The number of carbonyl (C=O) groups is 2. The highest BCUT2D eigenvalue weighted by Gasteiger charge is 2.15. The van der Waals surface area contributed by atoms with Crippen molar-refractivity contribution in [1.29, 1.82) is 0 Å². The number of hydrogen-bond donors (Lipinski definition) is 1. The summed E-state index contributed by atoms with van der Waals surface area (Å²) in [5, 5.41) is 8.95. The molecule has 3 aromatic rings. The van der Waals surface area contributed by atoms with Crippen LogP contribution in [-0.4, -0.2) is 35.5 Å².